The third-order valence-corrected chi connectivity index (χ3v) is 5.81. The van der Waals surface area contributed by atoms with E-state index in [1.807, 2.05) is 0 Å². The molecule has 2 aromatic heterocycles. The van der Waals surface area contributed by atoms with E-state index in [2.05, 4.69) is 36.8 Å². The zero-order valence-corrected chi connectivity index (χ0v) is 20.1. The van der Waals surface area contributed by atoms with Crippen LogP contribution in [0.3, 0.4) is 0 Å². The third kappa shape index (κ3) is 4.76. The average Bonchev–Trinajstić information content (AvgIpc) is 3.19. The Morgan fingerprint density at radius 2 is 1.94 bits per heavy atom. The molecule has 4 rings (SSSR count). The summed E-state index contributed by atoms with van der Waals surface area (Å²) in [4.78, 5) is 41.5. The summed E-state index contributed by atoms with van der Waals surface area (Å²) in [6.07, 6.45) is 5.06. The Morgan fingerprint density at radius 1 is 1.15 bits per heavy atom. The summed E-state index contributed by atoms with van der Waals surface area (Å²) in [6, 6.07) is 8.21. The van der Waals surface area contributed by atoms with Crippen molar-refractivity contribution in [3.8, 4) is 0 Å². The number of furan rings is 1. The molecule has 1 aliphatic rings. The molecule has 174 valence electrons. The normalized spacial score (nSPS) is 13.8. The van der Waals surface area contributed by atoms with Gasteiger partial charge in [-0.15, -0.1) is 0 Å². The third-order valence-electron chi connectivity index (χ3n) is 5.37. The number of hydrogen-bond donors (Lipinski definition) is 2. The Balaban J connectivity index is 1.58. The molecule has 3 aromatic rings. The van der Waals surface area contributed by atoms with E-state index in [1.54, 1.807) is 43.5 Å². The molecule has 2 amide bonds. The van der Waals surface area contributed by atoms with Crippen molar-refractivity contribution in [2.24, 2.45) is 5.10 Å². The lowest BCUT2D eigenvalue weighted by molar-refractivity contribution is 0.0601. The molecule has 1 aliphatic carbocycles. The highest BCUT2D eigenvalue weighted by Gasteiger charge is 2.28. The Labute approximate surface area is 203 Å². The van der Waals surface area contributed by atoms with Crippen molar-refractivity contribution in [3.63, 3.8) is 0 Å². The van der Waals surface area contributed by atoms with Crippen LogP contribution in [0.25, 0.3) is 0 Å². The number of aryl methyl sites for hydroxylation is 1. The van der Waals surface area contributed by atoms with Crippen molar-refractivity contribution in [1.82, 2.24) is 10.4 Å². The molecule has 34 heavy (non-hydrogen) atoms. The number of methoxy groups -OCH3 is 1. The van der Waals surface area contributed by atoms with Crippen LogP contribution in [0.2, 0.25) is 0 Å². The molecule has 0 spiro atoms. The number of pyridine rings is 1. The summed E-state index contributed by atoms with van der Waals surface area (Å²) in [5.41, 5.74) is 5.44. The number of esters is 1. The number of aromatic nitrogens is 1. The predicted octanol–water partition coefficient (Wildman–Crippen LogP) is 4.25. The maximum absolute atomic E-state index is 13.0. The molecule has 0 atom stereocenters. The first-order valence-corrected chi connectivity index (χ1v) is 11.3. The maximum Gasteiger partial charge on any atom is 0.339 e. The number of anilines is 1. The standard InChI is InChI=1S/C24H21BrN4O5/c1-13-20-18(28-29-22(30)14-10-15(25)12-26-11-14)8-5-9-19(20)34-21(13)23(31)27-17-7-4-3-6-16(17)24(32)33-2/h3-4,6-7,10-12H,5,8-9H2,1-2H3,(H,27,31)(H,29,30)/b28-18+. The van der Waals surface area contributed by atoms with E-state index >= 15 is 0 Å². The monoisotopic (exact) mass is 524 g/mol. The number of nitrogens with zero attached hydrogens (tertiary/aromatic N) is 2. The van der Waals surface area contributed by atoms with Crippen molar-refractivity contribution >= 4 is 45.1 Å². The van der Waals surface area contributed by atoms with Crippen LogP contribution in [0.15, 0.2) is 56.7 Å². The lowest BCUT2D eigenvalue weighted by atomic mass is 9.93. The molecule has 9 nitrogen and oxygen atoms in total. The second kappa shape index (κ2) is 10.0. The predicted molar refractivity (Wildman–Crippen MR) is 128 cm³/mol. The van der Waals surface area contributed by atoms with Crippen LogP contribution in [-0.2, 0) is 11.2 Å². The zero-order chi connectivity index (χ0) is 24.2. The number of hydrogen-bond acceptors (Lipinski definition) is 7. The van der Waals surface area contributed by atoms with Crippen LogP contribution in [0, 0.1) is 6.92 Å². The fourth-order valence-electron chi connectivity index (χ4n) is 3.77. The molecule has 0 radical (unpaired) electrons. The lowest BCUT2D eigenvalue weighted by Crippen LogP contribution is -2.22. The molecule has 0 aliphatic heterocycles. The van der Waals surface area contributed by atoms with E-state index in [0.717, 1.165) is 6.42 Å². The van der Waals surface area contributed by atoms with Crippen molar-refractivity contribution < 1.29 is 23.5 Å². The van der Waals surface area contributed by atoms with E-state index in [0.29, 0.717) is 51.2 Å². The minimum absolute atomic E-state index is 0.127. The lowest BCUT2D eigenvalue weighted by Gasteiger charge is -2.13. The Bertz CT molecular complexity index is 1310. The highest BCUT2D eigenvalue weighted by atomic mass is 79.9. The van der Waals surface area contributed by atoms with Crippen molar-refractivity contribution in [2.75, 3.05) is 12.4 Å². The summed E-state index contributed by atoms with van der Waals surface area (Å²) >= 11 is 3.29. The summed E-state index contributed by atoms with van der Waals surface area (Å²) in [5, 5.41) is 7.05. The Morgan fingerprint density at radius 3 is 2.71 bits per heavy atom. The van der Waals surface area contributed by atoms with Crippen LogP contribution in [-0.4, -0.2) is 35.6 Å². The number of carbonyl (C=O) groups is 3. The van der Waals surface area contributed by atoms with Crippen LogP contribution in [0.1, 0.15) is 61.0 Å². The molecular formula is C24H21BrN4O5. The largest absolute Gasteiger partial charge is 0.465 e. The fourth-order valence-corrected chi connectivity index (χ4v) is 4.14. The number of nitrogens with one attached hydrogen (secondary N) is 2. The van der Waals surface area contributed by atoms with Gasteiger partial charge in [0.1, 0.15) is 5.76 Å². The van der Waals surface area contributed by atoms with Crippen LogP contribution >= 0.6 is 15.9 Å². The Kier molecular flexibility index (Phi) is 6.87. The van der Waals surface area contributed by atoms with E-state index < -0.39 is 17.8 Å². The number of fused-ring (bicyclic) bond motifs is 1. The summed E-state index contributed by atoms with van der Waals surface area (Å²) < 4.78 is 11.4. The fraction of sp³-hybridized carbons (Fsp3) is 0.208. The number of ether oxygens (including phenoxy) is 1. The van der Waals surface area contributed by atoms with E-state index in [4.69, 9.17) is 9.15 Å². The van der Waals surface area contributed by atoms with Gasteiger partial charge in [-0.3, -0.25) is 14.6 Å². The SMILES string of the molecule is COC(=O)c1ccccc1NC(=O)c1oc2c(c1C)/C(=N/NC(=O)c1cncc(Br)c1)CCC2. The minimum Gasteiger partial charge on any atom is -0.465 e. The van der Waals surface area contributed by atoms with Crippen LogP contribution in [0.5, 0.6) is 0 Å². The summed E-state index contributed by atoms with van der Waals surface area (Å²) in [5.74, 6) is -0.690. The minimum atomic E-state index is -0.558. The highest BCUT2D eigenvalue weighted by molar-refractivity contribution is 9.10. The number of amides is 2. The van der Waals surface area contributed by atoms with Crippen molar-refractivity contribution in [1.29, 1.82) is 0 Å². The van der Waals surface area contributed by atoms with Crippen molar-refractivity contribution in [2.45, 2.75) is 26.2 Å². The second-order valence-electron chi connectivity index (χ2n) is 7.59. The first-order chi connectivity index (χ1) is 16.4. The molecular weight excluding hydrogens is 504 g/mol. The van der Waals surface area contributed by atoms with Gasteiger partial charge in [0, 0.05) is 34.4 Å². The van der Waals surface area contributed by atoms with Gasteiger partial charge >= 0.3 is 5.97 Å². The first-order valence-electron chi connectivity index (χ1n) is 10.5. The molecule has 0 bridgehead atoms. The molecule has 2 N–H and O–H groups in total. The number of para-hydroxylation sites is 1. The van der Waals surface area contributed by atoms with Crippen LogP contribution in [0.4, 0.5) is 5.69 Å². The van der Waals surface area contributed by atoms with Gasteiger partial charge in [-0.05, 0) is 53.9 Å². The molecule has 0 fully saturated rings. The Hall–Kier alpha value is -3.79. The summed E-state index contributed by atoms with van der Waals surface area (Å²) in [7, 11) is 1.28. The van der Waals surface area contributed by atoms with E-state index in [-0.39, 0.29) is 11.3 Å². The van der Waals surface area contributed by atoms with E-state index in [9.17, 15) is 14.4 Å². The van der Waals surface area contributed by atoms with Crippen molar-refractivity contribution in [3.05, 3.63) is 81.0 Å². The zero-order valence-electron chi connectivity index (χ0n) is 18.5. The highest BCUT2D eigenvalue weighted by Crippen LogP contribution is 2.30. The van der Waals surface area contributed by atoms with Crippen LogP contribution < -0.4 is 10.7 Å². The number of halogens is 1. The molecule has 0 unspecified atom stereocenters. The molecule has 10 heteroatoms. The number of carbonyl (C=O) groups excluding carboxylic acids is 3. The quantitative estimate of drug-likeness (QED) is 0.379. The van der Waals surface area contributed by atoms with Gasteiger partial charge in [0.25, 0.3) is 11.8 Å². The van der Waals surface area contributed by atoms with Gasteiger partial charge in [-0.1, -0.05) is 12.1 Å². The number of benzene rings is 1. The average molecular weight is 525 g/mol. The number of hydrazone groups is 1. The first kappa shape index (κ1) is 23.4. The number of rotatable bonds is 5. The maximum atomic E-state index is 13.0. The molecule has 0 saturated heterocycles. The molecule has 1 aromatic carbocycles. The second-order valence-corrected chi connectivity index (χ2v) is 8.51. The van der Waals surface area contributed by atoms with E-state index in [1.165, 1.54) is 13.3 Å². The molecule has 0 saturated carbocycles. The van der Waals surface area contributed by atoms with Gasteiger partial charge in [0.2, 0.25) is 0 Å². The smallest absolute Gasteiger partial charge is 0.339 e. The summed E-state index contributed by atoms with van der Waals surface area (Å²) in [6.45, 7) is 1.77. The topological polar surface area (TPSA) is 123 Å². The van der Waals surface area contributed by atoms with Gasteiger partial charge in [-0.2, -0.15) is 5.10 Å². The van der Waals surface area contributed by atoms with Gasteiger partial charge in [0.05, 0.1) is 29.6 Å². The van der Waals surface area contributed by atoms with Gasteiger partial charge in [0.15, 0.2) is 5.76 Å². The molecule has 2 heterocycles. The van der Waals surface area contributed by atoms with Gasteiger partial charge < -0.3 is 14.5 Å². The van der Waals surface area contributed by atoms with Gasteiger partial charge in [-0.25, -0.2) is 10.2 Å².